The average Bonchev–Trinajstić information content (AvgIpc) is 0.797. The summed E-state index contributed by atoms with van der Waals surface area (Å²) in [6.45, 7) is 32.5. The van der Waals surface area contributed by atoms with Crippen LogP contribution >= 0.6 is 0 Å². The van der Waals surface area contributed by atoms with E-state index in [1.807, 2.05) is 91.5 Å². The first-order chi connectivity index (χ1) is 49.8. The predicted molar refractivity (Wildman–Crippen MR) is 425 cm³/mol. The summed E-state index contributed by atoms with van der Waals surface area (Å²) in [5.41, 5.74) is 29.0. The SMILES string of the molecule is Cc1cc(C)c(C)c(-c2nc3cc(C(C)C)ccc3c[n+]2C)c1.Cc1cc(C)c(C)c(-c2nc3ccccc3c[n+]2C)c1.Cc1ccccc1-c1nc2cc(C(C)C)cnc2c[n+]1C.Cc1ccccc1-c1nc2cc(CC(C)C)cnc2c[n+]1C.Cc1ccccc1-c1nc2cccnc2c[n+]1C. The maximum Gasteiger partial charge on any atom is 0.331 e. The number of pyridine rings is 3. The van der Waals surface area contributed by atoms with Crippen molar-refractivity contribution in [2.75, 3.05) is 0 Å². The fraction of sp³-hybridized carbons (Fsp3) is 0.264. The van der Waals surface area contributed by atoms with Crippen LogP contribution in [-0.2, 0) is 41.7 Å². The van der Waals surface area contributed by atoms with E-state index in [9.17, 15) is 0 Å². The van der Waals surface area contributed by atoms with Gasteiger partial charge in [0.05, 0.1) is 73.8 Å². The van der Waals surface area contributed by atoms with Crippen LogP contribution in [0, 0.1) is 68.2 Å². The van der Waals surface area contributed by atoms with Crippen LogP contribution in [0.3, 0.4) is 0 Å². The number of aryl methyl sites for hydroxylation is 12. The Labute approximate surface area is 614 Å². The molecular weight excluding hydrogens is 1280 g/mol. The van der Waals surface area contributed by atoms with Crippen molar-refractivity contribution in [3.63, 3.8) is 0 Å². The van der Waals surface area contributed by atoms with Crippen molar-refractivity contribution >= 4 is 54.9 Å². The van der Waals surface area contributed by atoms with Crippen LogP contribution in [0.15, 0.2) is 213 Å². The monoisotopic (exact) mass is 1370 g/mol. The third-order valence-electron chi connectivity index (χ3n) is 19.3. The highest BCUT2D eigenvalue weighted by Crippen LogP contribution is 2.30. The van der Waals surface area contributed by atoms with Gasteiger partial charge in [-0.05, 0) is 257 Å². The predicted octanol–water partition coefficient (Wildman–Crippen LogP) is 18.0. The molecule has 0 N–H and O–H groups in total. The number of benzene rings is 7. The van der Waals surface area contributed by atoms with Crippen molar-refractivity contribution in [2.24, 2.45) is 41.2 Å². The molecule has 104 heavy (non-hydrogen) atoms. The smallest absolute Gasteiger partial charge is 0.248 e. The summed E-state index contributed by atoms with van der Waals surface area (Å²) in [6, 6.07) is 57.0. The molecule has 0 fully saturated rings. The number of hydrogen-bond donors (Lipinski definition) is 0. The van der Waals surface area contributed by atoms with Gasteiger partial charge in [0.2, 0.25) is 16.6 Å². The molecule has 0 atom stereocenters. The van der Waals surface area contributed by atoms with E-state index in [1.165, 1.54) is 94.2 Å². The van der Waals surface area contributed by atoms with E-state index >= 15 is 0 Å². The van der Waals surface area contributed by atoms with Crippen molar-refractivity contribution in [2.45, 2.75) is 122 Å². The maximum absolute atomic E-state index is 4.99. The summed E-state index contributed by atoms with van der Waals surface area (Å²) in [5, 5.41) is 2.35. The summed E-state index contributed by atoms with van der Waals surface area (Å²) < 4.78 is 10.4. The standard InChI is InChI=1S/C21H25N2.C19H22N3.C18H20N3.C18H19N2.C15H14N3/c1-13(2)17-7-8-18-12-23(6)21(22-20(18)11-17)19-10-14(3)9-15(4)16(19)5;1-13(2)9-15-10-17-18(20-11-15)12-22(4)19(21-17)16-8-6-5-7-14(16)3;1-12(2)14-9-16-17(19-10-14)11-21(4)18(20-16)15-8-6-5-7-13(15)3;1-12-9-13(2)14(3)16(10-12)18-19-17-8-6-5-7-15(17)11-20(18)4;1-11-6-3-4-7-12(11)15-17-13-8-5-9-16-14(13)10-18(15)2/h7-13H,1-6H3;5-8,10-13H,9H2,1-4H3;5-12H,1-4H3;5-11H,1-4H3;3-10H,1-2H3/q5*+1. The molecule has 0 spiro atoms. The van der Waals surface area contributed by atoms with Gasteiger partial charge in [0, 0.05) is 18.6 Å². The van der Waals surface area contributed by atoms with Gasteiger partial charge in [-0.25, -0.2) is 37.8 Å². The molecule has 0 saturated carbocycles. The molecule has 0 saturated heterocycles. The second-order valence-corrected chi connectivity index (χ2v) is 28.9. The first-order valence-electron chi connectivity index (χ1n) is 36.1. The van der Waals surface area contributed by atoms with Gasteiger partial charge in [-0.15, -0.1) is 0 Å². The Morgan fingerprint density at radius 2 is 0.683 bits per heavy atom. The van der Waals surface area contributed by atoms with E-state index in [1.54, 1.807) is 6.20 Å². The van der Waals surface area contributed by atoms with Gasteiger partial charge in [-0.2, -0.15) is 0 Å². The highest BCUT2D eigenvalue weighted by Gasteiger charge is 2.24. The lowest BCUT2D eigenvalue weighted by molar-refractivity contribution is -0.661. The number of para-hydroxylation sites is 1. The summed E-state index contributed by atoms with van der Waals surface area (Å²) in [6.07, 6.45) is 17.2. The Balaban J connectivity index is 0.000000130. The van der Waals surface area contributed by atoms with Crippen molar-refractivity contribution in [1.82, 2.24) is 39.9 Å². The Bertz CT molecular complexity index is 5660. The topological polar surface area (TPSA) is 123 Å². The molecule has 13 heteroatoms. The van der Waals surface area contributed by atoms with Crippen LogP contribution in [0.2, 0.25) is 0 Å². The normalized spacial score (nSPS) is 11.2. The second kappa shape index (κ2) is 32.3. The molecule has 15 rings (SSSR count). The van der Waals surface area contributed by atoms with Gasteiger partial charge in [0.15, 0.2) is 27.6 Å². The maximum atomic E-state index is 4.99. The van der Waals surface area contributed by atoms with Gasteiger partial charge >= 0.3 is 29.1 Å². The van der Waals surface area contributed by atoms with Gasteiger partial charge in [0.25, 0.3) is 0 Å². The highest BCUT2D eigenvalue weighted by molar-refractivity contribution is 5.81. The van der Waals surface area contributed by atoms with E-state index in [0.717, 1.165) is 90.8 Å². The Morgan fingerprint density at radius 1 is 0.298 bits per heavy atom. The second-order valence-electron chi connectivity index (χ2n) is 28.9. The molecular formula is C91H100N13+5. The van der Waals surface area contributed by atoms with Gasteiger partial charge in [0.1, 0.15) is 31.0 Å². The van der Waals surface area contributed by atoms with E-state index < -0.39 is 0 Å². The Hall–Kier alpha value is -11.3. The van der Waals surface area contributed by atoms with E-state index in [-0.39, 0.29) is 0 Å². The van der Waals surface area contributed by atoms with E-state index in [2.05, 4.69) is 293 Å². The molecule has 0 amide bonds. The van der Waals surface area contributed by atoms with E-state index in [4.69, 9.17) is 24.9 Å². The molecule has 0 aliphatic heterocycles. The van der Waals surface area contributed by atoms with Gasteiger partial charge < -0.3 is 0 Å². The average molecular weight is 1380 g/mol. The largest absolute Gasteiger partial charge is 0.331 e. The Kier molecular flexibility index (Phi) is 23.0. The third-order valence-corrected chi connectivity index (χ3v) is 19.3. The molecule has 7 aromatic carbocycles. The van der Waals surface area contributed by atoms with Crippen LogP contribution < -0.4 is 22.8 Å². The first-order valence-corrected chi connectivity index (χ1v) is 36.1. The van der Waals surface area contributed by atoms with Gasteiger partial charge in [-0.3, -0.25) is 0 Å². The number of rotatable bonds is 9. The molecule has 8 heterocycles. The lowest BCUT2D eigenvalue weighted by Gasteiger charge is -2.09. The molecule has 8 aromatic heterocycles. The zero-order valence-corrected chi connectivity index (χ0v) is 64.5. The number of fused-ring (bicyclic) bond motifs is 5. The minimum atomic E-state index is 0.458. The molecule has 0 aliphatic rings. The highest BCUT2D eigenvalue weighted by atomic mass is 15.1. The lowest BCUT2D eigenvalue weighted by Crippen LogP contribution is -2.32. The van der Waals surface area contributed by atoms with Crippen molar-refractivity contribution < 1.29 is 22.8 Å². The first kappa shape index (κ1) is 73.9. The molecule has 0 radical (unpaired) electrons. The third kappa shape index (κ3) is 17.1. The zero-order valence-electron chi connectivity index (χ0n) is 64.5. The number of aromatic nitrogens is 13. The van der Waals surface area contributed by atoms with Crippen LogP contribution in [-0.4, -0.2) is 39.9 Å². The molecule has 524 valence electrons. The number of nitrogens with zero attached hydrogens (tertiary/aromatic N) is 13. The summed E-state index contributed by atoms with van der Waals surface area (Å²) >= 11 is 0. The molecule has 13 nitrogen and oxygen atoms in total. The molecule has 0 aliphatic carbocycles. The van der Waals surface area contributed by atoms with Crippen LogP contribution in [0.4, 0.5) is 0 Å². The fourth-order valence-electron chi connectivity index (χ4n) is 13.2. The van der Waals surface area contributed by atoms with Crippen molar-refractivity contribution in [3.05, 3.63) is 280 Å². The molecule has 15 aromatic rings. The Morgan fingerprint density at radius 3 is 1.17 bits per heavy atom. The molecule has 0 unspecified atom stereocenters. The lowest BCUT2D eigenvalue weighted by atomic mass is 9.99. The van der Waals surface area contributed by atoms with Crippen LogP contribution in [0.25, 0.3) is 112 Å². The minimum absolute atomic E-state index is 0.458. The molecule has 0 bridgehead atoms. The fourth-order valence-corrected chi connectivity index (χ4v) is 13.2. The van der Waals surface area contributed by atoms with Crippen LogP contribution in [0.5, 0.6) is 0 Å². The van der Waals surface area contributed by atoms with Crippen LogP contribution in [0.1, 0.15) is 120 Å². The summed E-state index contributed by atoms with van der Waals surface area (Å²) in [4.78, 5) is 37.7. The van der Waals surface area contributed by atoms with E-state index in [0.29, 0.717) is 17.8 Å². The number of hydrogen-bond acceptors (Lipinski definition) is 8. The van der Waals surface area contributed by atoms with Crippen molar-refractivity contribution in [3.8, 4) is 56.9 Å². The quantitative estimate of drug-likeness (QED) is 0.131. The van der Waals surface area contributed by atoms with Gasteiger partial charge in [-0.1, -0.05) is 126 Å². The zero-order chi connectivity index (χ0) is 74.2. The summed E-state index contributed by atoms with van der Waals surface area (Å²) in [5.74, 6) is 6.57. The summed E-state index contributed by atoms with van der Waals surface area (Å²) in [7, 11) is 10.2. The van der Waals surface area contributed by atoms with Crippen molar-refractivity contribution in [1.29, 1.82) is 0 Å². The minimum Gasteiger partial charge on any atom is -0.248 e.